The summed E-state index contributed by atoms with van der Waals surface area (Å²) < 4.78 is 65.7. The number of rotatable bonds is 6. The highest BCUT2D eigenvalue weighted by Crippen LogP contribution is 2.38. The fraction of sp³-hybridized carbons (Fsp3) is 0.188. The van der Waals surface area contributed by atoms with E-state index in [4.69, 9.17) is 39.9 Å². The first kappa shape index (κ1) is 22.6. The molecule has 1 N–H and O–H groups in total. The molecule has 0 aliphatic heterocycles. The Morgan fingerprint density at radius 3 is 2.14 bits per heavy atom. The highest BCUT2D eigenvalue weighted by Gasteiger charge is 2.34. The number of aliphatic carboxylic acids is 1. The summed E-state index contributed by atoms with van der Waals surface area (Å²) in [6, 6.07) is 5.41. The van der Waals surface area contributed by atoms with Gasteiger partial charge in [0.2, 0.25) is 0 Å². The summed E-state index contributed by atoms with van der Waals surface area (Å²) in [6.45, 7) is -0.654. The summed E-state index contributed by atoms with van der Waals surface area (Å²) in [4.78, 5) is 10.5. The number of anilines is 1. The van der Waals surface area contributed by atoms with Crippen molar-refractivity contribution < 1.29 is 31.5 Å². The van der Waals surface area contributed by atoms with Crippen LogP contribution in [0.5, 0.6) is 0 Å². The maximum absolute atomic E-state index is 13.1. The van der Waals surface area contributed by atoms with Gasteiger partial charge in [0.15, 0.2) is 0 Å². The van der Waals surface area contributed by atoms with Gasteiger partial charge >= 0.3 is 12.1 Å². The van der Waals surface area contributed by atoms with E-state index in [-0.39, 0.29) is 20.0 Å². The molecule has 0 bridgehead atoms. The van der Waals surface area contributed by atoms with Crippen molar-refractivity contribution in [2.45, 2.75) is 17.5 Å². The Morgan fingerprint density at radius 2 is 1.61 bits per heavy atom. The van der Waals surface area contributed by atoms with Crippen LogP contribution in [0.25, 0.3) is 0 Å². The third-order valence-corrected chi connectivity index (χ3v) is 6.42. The Bertz CT molecular complexity index is 1010. The minimum atomic E-state index is -4.76. The number of alkyl halides is 3. The van der Waals surface area contributed by atoms with Gasteiger partial charge in [0.25, 0.3) is 10.0 Å². The smallest absolute Gasteiger partial charge is 0.416 e. The van der Waals surface area contributed by atoms with Crippen LogP contribution in [0.15, 0.2) is 41.3 Å². The van der Waals surface area contributed by atoms with Crippen LogP contribution < -0.4 is 4.31 Å². The first-order chi connectivity index (χ1) is 12.8. The van der Waals surface area contributed by atoms with Crippen molar-refractivity contribution in [3.63, 3.8) is 0 Å². The summed E-state index contributed by atoms with van der Waals surface area (Å²) in [6.07, 6.45) is -5.43. The molecule has 0 atom stereocenters. The molecule has 2 aromatic carbocycles. The molecule has 0 saturated carbocycles. The lowest BCUT2D eigenvalue weighted by Gasteiger charge is -2.26. The van der Waals surface area contributed by atoms with E-state index in [1.54, 1.807) is 0 Å². The molecule has 0 aliphatic carbocycles. The Morgan fingerprint density at radius 1 is 1.00 bits per heavy atom. The normalized spacial score (nSPS) is 12.1. The number of sulfonamides is 1. The molecule has 0 fully saturated rings. The zero-order valence-electron chi connectivity index (χ0n) is 13.7. The van der Waals surface area contributed by atoms with Crippen molar-refractivity contribution in [2.24, 2.45) is 0 Å². The molecule has 0 aromatic heterocycles. The standard InChI is InChI=1S/C16H11Cl3F3NO4S/c17-11-4-2-10(8-13(11)19)28(26,27)23(6-5-15(24)25)14-7-9(16(20,21)22)1-3-12(14)18/h1-4,7-8H,5-6H2,(H,24,25). The van der Waals surface area contributed by atoms with E-state index >= 15 is 0 Å². The van der Waals surface area contributed by atoms with Gasteiger partial charge in [-0.25, -0.2) is 8.42 Å². The molecule has 0 saturated heterocycles. The minimum absolute atomic E-state index is 0.0646. The number of hydrogen-bond donors (Lipinski definition) is 1. The Hall–Kier alpha value is -1.68. The number of benzene rings is 2. The largest absolute Gasteiger partial charge is 0.481 e. The molecule has 0 amide bonds. The quantitative estimate of drug-likeness (QED) is 0.611. The van der Waals surface area contributed by atoms with Crippen LogP contribution in [-0.4, -0.2) is 26.0 Å². The molecule has 0 aliphatic rings. The van der Waals surface area contributed by atoms with Gasteiger partial charge in [0.05, 0.1) is 37.6 Å². The lowest BCUT2D eigenvalue weighted by molar-refractivity contribution is -0.138. The molecule has 0 heterocycles. The Labute approximate surface area is 173 Å². The van der Waals surface area contributed by atoms with E-state index < -0.39 is 46.4 Å². The zero-order chi connectivity index (χ0) is 21.3. The molecule has 0 spiro atoms. The van der Waals surface area contributed by atoms with Crippen molar-refractivity contribution in [2.75, 3.05) is 10.8 Å². The SMILES string of the molecule is O=C(O)CCN(c1cc(C(F)(F)F)ccc1Cl)S(=O)(=O)c1ccc(Cl)c(Cl)c1. The summed E-state index contributed by atoms with van der Waals surface area (Å²) >= 11 is 17.5. The van der Waals surface area contributed by atoms with Gasteiger partial charge in [-0.2, -0.15) is 13.2 Å². The maximum Gasteiger partial charge on any atom is 0.416 e. The number of halogens is 6. The molecule has 28 heavy (non-hydrogen) atoms. The predicted octanol–water partition coefficient (Wildman–Crippen LogP) is 5.34. The van der Waals surface area contributed by atoms with E-state index in [9.17, 15) is 26.4 Å². The van der Waals surface area contributed by atoms with Gasteiger partial charge in [-0.3, -0.25) is 9.10 Å². The molecule has 12 heteroatoms. The summed E-state index contributed by atoms with van der Waals surface area (Å²) in [5.74, 6) is -1.35. The van der Waals surface area contributed by atoms with Crippen LogP contribution in [0, 0.1) is 0 Å². The second kappa shape index (κ2) is 8.36. The fourth-order valence-corrected chi connectivity index (χ4v) is 4.35. The fourth-order valence-electron chi connectivity index (χ4n) is 2.21. The van der Waals surface area contributed by atoms with E-state index in [2.05, 4.69) is 0 Å². The van der Waals surface area contributed by atoms with Crippen LogP contribution in [0.4, 0.5) is 18.9 Å². The number of carboxylic acids is 1. The van der Waals surface area contributed by atoms with E-state index in [0.29, 0.717) is 16.4 Å². The Balaban J connectivity index is 2.65. The average Bonchev–Trinajstić information content (AvgIpc) is 2.57. The molecular formula is C16H11Cl3F3NO4S. The third kappa shape index (κ3) is 5.02. The predicted molar refractivity (Wildman–Crippen MR) is 99.7 cm³/mol. The van der Waals surface area contributed by atoms with Crippen molar-refractivity contribution >= 4 is 56.5 Å². The zero-order valence-corrected chi connectivity index (χ0v) is 16.8. The summed E-state index contributed by atoms with van der Waals surface area (Å²) in [7, 11) is -4.50. The van der Waals surface area contributed by atoms with Crippen molar-refractivity contribution in [1.29, 1.82) is 0 Å². The van der Waals surface area contributed by atoms with Gasteiger partial charge in [-0.05, 0) is 36.4 Å². The maximum atomic E-state index is 13.1. The van der Waals surface area contributed by atoms with Crippen LogP contribution in [0.1, 0.15) is 12.0 Å². The molecule has 5 nitrogen and oxygen atoms in total. The van der Waals surface area contributed by atoms with Crippen molar-refractivity contribution in [3.05, 3.63) is 57.0 Å². The molecule has 2 rings (SSSR count). The molecule has 152 valence electrons. The number of nitrogens with zero attached hydrogens (tertiary/aromatic N) is 1. The number of carboxylic acid groups (broad SMARTS) is 1. The first-order valence-electron chi connectivity index (χ1n) is 7.40. The van der Waals surface area contributed by atoms with E-state index in [0.717, 1.165) is 18.2 Å². The molecule has 0 unspecified atom stereocenters. The van der Waals surface area contributed by atoms with Crippen molar-refractivity contribution in [1.82, 2.24) is 0 Å². The first-order valence-corrected chi connectivity index (χ1v) is 9.98. The highest BCUT2D eigenvalue weighted by atomic mass is 35.5. The molecule has 0 radical (unpaired) electrons. The average molecular weight is 477 g/mol. The van der Waals surface area contributed by atoms with Gasteiger partial charge in [0.1, 0.15) is 0 Å². The monoisotopic (exact) mass is 475 g/mol. The second-order valence-corrected chi connectivity index (χ2v) is 8.54. The van der Waals surface area contributed by atoms with Crippen LogP contribution in [-0.2, 0) is 21.0 Å². The lowest BCUT2D eigenvalue weighted by Crippen LogP contribution is -2.33. The van der Waals surface area contributed by atoms with Crippen LogP contribution in [0.2, 0.25) is 15.1 Å². The summed E-state index contributed by atoms with van der Waals surface area (Å²) in [5.41, 5.74) is -1.65. The molecular weight excluding hydrogens is 466 g/mol. The van der Waals surface area contributed by atoms with Crippen molar-refractivity contribution in [3.8, 4) is 0 Å². The van der Waals surface area contributed by atoms with E-state index in [1.807, 2.05) is 0 Å². The topological polar surface area (TPSA) is 74.7 Å². The highest BCUT2D eigenvalue weighted by molar-refractivity contribution is 7.92. The molecule has 2 aromatic rings. The van der Waals surface area contributed by atoms with Gasteiger partial charge < -0.3 is 5.11 Å². The van der Waals surface area contributed by atoms with Crippen LogP contribution >= 0.6 is 34.8 Å². The number of carbonyl (C=O) groups is 1. The van der Waals surface area contributed by atoms with Gasteiger partial charge in [-0.15, -0.1) is 0 Å². The third-order valence-electron chi connectivity index (χ3n) is 3.55. The van der Waals surface area contributed by atoms with Gasteiger partial charge in [-0.1, -0.05) is 34.8 Å². The number of hydrogen-bond acceptors (Lipinski definition) is 3. The lowest BCUT2D eigenvalue weighted by atomic mass is 10.2. The summed E-state index contributed by atoms with van der Waals surface area (Å²) in [5, 5.41) is 8.57. The second-order valence-electron chi connectivity index (χ2n) is 5.46. The Kier molecular flexibility index (Phi) is 6.75. The van der Waals surface area contributed by atoms with Gasteiger partial charge in [0, 0.05) is 6.54 Å². The minimum Gasteiger partial charge on any atom is -0.481 e. The van der Waals surface area contributed by atoms with E-state index in [1.165, 1.54) is 6.07 Å². The van der Waals surface area contributed by atoms with Crippen LogP contribution in [0.3, 0.4) is 0 Å².